The first kappa shape index (κ1) is 11.6. The molecule has 15 heavy (non-hydrogen) atoms. The normalized spacial score (nSPS) is 28.1. The minimum absolute atomic E-state index is 0.689. The Kier molecular flexibility index (Phi) is 4.23. The lowest BCUT2D eigenvalue weighted by atomic mass is 9.99. The number of likely N-dealkylation sites (tertiary alicyclic amines) is 1. The summed E-state index contributed by atoms with van der Waals surface area (Å²) in [5, 5.41) is 4.43. The fourth-order valence-electron chi connectivity index (χ4n) is 2.01. The van der Waals surface area contributed by atoms with Crippen molar-refractivity contribution >= 4 is 27.3 Å². The topological polar surface area (TPSA) is 3.24 Å². The van der Waals surface area contributed by atoms with Gasteiger partial charge in [0.1, 0.15) is 0 Å². The molecule has 1 saturated heterocycles. The minimum Gasteiger partial charge on any atom is -0.302 e. The van der Waals surface area contributed by atoms with Gasteiger partial charge in [-0.1, -0.05) is 22.9 Å². The Balaban J connectivity index is 1.76. The molecule has 1 aliphatic rings. The second kappa shape index (κ2) is 5.46. The maximum absolute atomic E-state index is 3.77. The molecule has 1 aliphatic heterocycles. The van der Waals surface area contributed by atoms with Crippen LogP contribution in [0.15, 0.2) is 16.8 Å². The Bertz CT molecular complexity index is 286. The highest BCUT2D eigenvalue weighted by molar-refractivity contribution is 9.09. The molecule has 0 radical (unpaired) electrons. The van der Waals surface area contributed by atoms with Crippen molar-refractivity contribution in [1.82, 2.24) is 4.90 Å². The van der Waals surface area contributed by atoms with Crippen LogP contribution in [0.5, 0.6) is 0 Å². The molecule has 0 spiro atoms. The van der Waals surface area contributed by atoms with Gasteiger partial charge in [0.05, 0.1) is 0 Å². The molecular formula is C12H18BrNS. The molecule has 2 rings (SSSR count). The van der Waals surface area contributed by atoms with Gasteiger partial charge in [0, 0.05) is 17.9 Å². The number of piperidine rings is 1. The van der Waals surface area contributed by atoms with E-state index in [9.17, 15) is 0 Å². The van der Waals surface area contributed by atoms with E-state index in [1.165, 1.54) is 38.0 Å². The van der Waals surface area contributed by atoms with Crippen molar-refractivity contribution in [1.29, 1.82) is 0 Å². The van der Waals surface area contributed by atoms with Crippen LogP contribution in [0.25, 0.3) is 0 Å². The third-order valence-electron chi connectivity index (χ3n) is 3.25. The van der Waals surface area contributed by atoms with Crippen molar-refractivity contribution in [3.05, 3.63) is 22.4 Å². The van der Waals surface area contributed by atoms with Crippen LogP contribution in [-0.2, 0) is 6.42 Å². The molecule has 84 valence electrons. The lowest BCUT2D eigenvalue weighted by Crippen LogP contribution is -2.40. The maximum Gasteiger partial charge on any atom is 0.0299 e. The Morgan fingerprint density at radius 3 is 3.13 bits per heavy atom. The van der Waals surface area contributed by atoms with Crippen molar-refractivity contribution in [3.63, 3.8) is 0 Å². The van der Waals surface area contributed by atoms with Crippen LogP contribution in [0.1, 0.15) is 18.9 Å². The SMILES string of the molecule is CC1CCN(CCc2ccsc2)CC1Br. The smallest absolute Gasteiger partial charge is 0.0299 e. The molecule has 1 nitrogen and oxygen atoms in total. The van der Waals surface area contributed by atoms with Gasteiger partial charge in [-0.25, -0.2) is 0 Å². The number of rotatable bonds is 3. The summed E-state index contributed by atoms with van der Waals surface area (Å²) in [6.45, 7) is 6.04. The maximum atomic E-state index is 3.77. The van der Waals surface area contributed by atoms with E-state index < -0.39 is 0 Å². The Morgan fingerprint density at radius 2 is 2.47 bits per heavy atom. The largest absolute Gasteiger partial charge is 0.302 e. The van der Waals surface area contributed by atoms with E-state index in [1.807, 2.05) is 0 Å². The van der Waals surface area contributed by atoms with Gasteiger partial charge in [-0.05, 0) is 47.7 Å². The molecule has 2 heterocycles. The predicted octanol–water partition coefficient (Wildman–Crippen LogP) is 3.40. The predicted molar refractivity (Wildman–Crippen MR) is 71.0 cm³/mol. The summed E-state index contributed by atoms with van der Waals surface area (Å²) in [6, 6.07) is 2.24. The summed E-state index contributed by atoms with van der Waals surface area (Å²) in [4.78, 5) is 3.27. The number of alkyl halides is 1. The third kappa shape index (κ3) is 3.30. The van der Waals surface area contributed by atoms with E-state index in [0.29, 0.717) is 4.83 Å². The summed E-state index contributed by atoms with van der Waals surface area (Å²) in [6.07, 6.45) is 2.54. The molecule has 3 heteroatoms. The molecule has 0 saturated carbocycles. The highest BCUT2D eigenvalue weighted by Gasteiger charge is 2.23. The molecule has 0 amide bonds. The molecule has 0 aliphatic carbocycles. The van der Waals surface area contributed by atoms with Gasteiger partial charge in [0.25, 0.3) is 0 Å². The van der Waals surface area contributed by atoms with Gasteiger partial charge in [0.15, 0.2) is 0 Å². The van der Waals surface area contributed by atoms with Gasteiger partial charge < -0.3 is 4.90 Å². The average molecular weight is 288 g/mol. The van der Waals surface area contributed by atoms with E-state index in [4.69, 9.17) is 0 Å². The number of halogens is 1. The lowest BCUT2D eigenvalue weighted by molar-refractivity contribution is 0.203. The summed E-state index contributed by atoms with van der Waals surface area (Å²) in [5.41, 5.74) is 1.49. The van der Waals surface area contributed by atoms with Gasteiger partial charge in [-0.3, -0.25) is 0 Å². The summed E-state index contributed by atoms with van der Waals surface area (Å²) >= 11 is 5.57. The van der Waals surface area contributed by atoms with E-state index in [1.54, 1.807) is 11.3 Å². The molecule has 1 aromatic rings. The molecular weight excluding hydrogens is 270 g/mol. The summed E-state index contributed by atoms with van der Waals surface area (Å²) in [5.74, 6) is 0.836. The Morgan fingerprint density at radius 1 is 1.60 bits per heavy atom. The quantitative estimate of drug-likeness (QED) is 0.771. The first-order valence-electron chi connectivity index (χ1n) is 5.63. The fourth-order valence-corrected chi connectivity index (χ4v) is 3.39. The summed E-state index contributed by atoms with van der Waals surface area (Å²) in [7, 11) is 0. The second-order valence-corrected chi connectivity index (χ2v) is 6.42. The van der Waals surface area contributed by atoms with Gasteiger partial charge in [0.2, 0.25) is 0 Å². The van der Waals surface area contributed by atoms with Crippen molar-refractivity contribution in [3.8, 4) is 0 Å². The molecule has 2 unspecified atom stereocenters. The minimum atomic E-state index is 0.689. The number of thiophene rings is 1. The van der Waals surface area contributed by atoms with Crippen LogP contribution in [-0.4, -0.2) is 29.4 Å². The van der Waals surface area contributed by atoms with Crippen LogP contribution in [0.3, 0.4) is 0 Å². The molecule has 0 bridgehead atoms. The first-order chi connectivity index (χ1) is 7.25. The van der Waals surface area contributed by atoms with E-state index >= 15 is 0 Å². The van der Waals surface area contributed by atoms with E-state index in [-0.39, 0.29) is 0 Å². The van der Waals surface area contributed by atoms with Crippen molar-refractivity contribution < 1.29 is 0 Å². The zero-order chi connectivity index (χ0) is 10.7. The molecule has 1 fully saturated rings. The molecule has 0 aromatic carbocycles. The Labute approximate surface area is 105 Å². The first-order valence-corrected chi connectivity index (χ1v) is 7.49. The number of hydrogen-bond acceptors (Lipinski definition) is 2. The molecule has 2 atom stereocenters. The monoisotopic (exact) mass is 287 g/mol. The lowest BCUT2D eigenvalue weighted by Gasteiger charge is -2.34. The Hall–Kier alpha value is 0.140. The van der Waals surface area contributed by atoms with Gasteiger partial charge >= 0.3 is 0 Å². The zero-order valence-corrected chi connectivity index (χ0v) is 11.6. The van der Waals surface area contributed by atoms with Crippen molar-refractivity contribution in [2.75, 3.05) is 19.6 Å². The van der Waals surface area contributed by atoms with Gasteiger partial charge in [-0.15, -0.1) is 0 Å². The fraction of sp³-hybridized carbons (Fsp3) is 0.667. The van der Waals surface area contributed by atoms with Crippen molar-refractivity contribution in [2.24, 2.45) is 5.92 Å². The average Bonchev–Trinajstić information content (AvgIpc) is 2.73. The van der Waals surface area contributed by atoms with Gasteiger partial charge in [-0.2, -0.15) is 11.3 Å². The van der Waals surface area contributed by atoms with Crippen LogP contribution < -0.4 is 0 Å². The van der Waals surface area contributed by atoms with Crippen LogP contribution in [0.4, 0.5) is 0 Å². The standard InChI is InChI=1S/C12H18BrNS/c1-10-2-5-14(8-12(10)13)6-3-11-4-7-15-9-11/h4,7,9-10,12H,2-3,5-6,8H2,1H3. The van der Waals surface area contributed by atoms with Crippen LogP contribution in [0.2, 0.25) is 0 Å². The highest BCUT2D eigenvalue weighted by atomic mass is 79.9. The molecule has 0 N–H and O–H groups in total. The van der Waals surface area contributed by atoms with E-state index in [0.717, 1.165) is 5.92 Å². The van der Waals surface area contributed by atoms with E-state index in [2.05, 4.69) is 44.6 Å². The summed E-state index contributed by atoms with van der Waals surface area (Å²) < 4.78 is 0. The highest BCUT2D eigenvalue weighted by Crippen LogP contribution is 2.23. The van der Waals surface area contributed by atoms with Crippen LogP contribution >= 0.6 is 27.3 Å². The zero-order valence-electron chi connectivity index (χ0n) is 9.16. The third-order valence-corrected chi connectivity index (χ3v) is 5.17. The number of nitrogens with zero attached hydrogens (tertiary/aromatic N) is 1. The van der Waals surface area contributed by atoms with Crippen LogP contribution in [0, 0.1) is 5.92 Å². The molecule has 1 aromatic heterocycles. The number of hydrogen-bond donors (Lipinski definition) is 0. The van der Waals surface area contributed by atoms with Crippen molar-refractivity contribution in [2.45, 2.75) is 24.6 Å². The second-order valence-electron chi connectivity index (χ2n) is 4.46.